The molecule has 0 saturated carbocycles. The first-order valence-electron chi connectivity index (χ1n) is 9.85. The van der Waals surface area contributed by atoms with E-state index in [0.717, 1.165) is 30.6 Å². The summed E-state index contributed by atoms with van der Waals surface area (Å²) in [6, 6.07) is 13.5. The van der Waals surface area contributed by atoms with Gasteiger partial charge in [-0.1, -0.05) is 36.4 Å². The molecule has 4 heterocycles. The van der Waals surface area contributed by atoms with Crippen LogP contribution in [0.1, 0.15) is 32.8 Å². The van der Waals surface area contributed by atoms with E-state index in [1.807, 2.05) is 42.5 Å². The van der Waals surface area contributed by atoms with E-state index in [1.165, 1.54) is 10.9 Å². The fourth-order valence-electron chi connectivity index (χ4n) is 3.62. The third kappa shape index (κ3) is 3.16. The van der Waals surface area contributed by atoms with Gasteiger partial charge in [-0.2, -0.15) is 5.10 Å². The van der Waals surface area contributed by atoms with E-state index in [9.17, 15) is 9.59 Å². The fraction of sp³-hybridized carbons (Fsp3) is 0.227. The van der Waals surface area contributed by atoms with Gasteiger partial charge in [0, 0.05) is 38.3 Å². The summed E-state index contributed by atoms with van der Waals surface area (Å²) >= 11 is 0. The van der Waals surface area contributed by atoms with E-state index in [4.69, 9.17) is 0 Å². The van der Waals surface area contributed by atoms with Crippen molar-refractivity contribution in [1.82, 2.24) is 29.3 Å². The van der Waals surface area contributed by atoms with Crippen LogP contribution in [0.15, 0.2) is 54.9 Å². The van der Waals surface area contributed by atoms with E-state index in [1.54, 1.807) is 22.7 Å². The normalized spacial score (nSPS) is 13.4. The Hall–Kier alpha value is -3.81. The molecule has 0 unspecified atom stereocenters. The smallest absolute Gasteiger partial charge is 0.257 e. The minimum atomic E-state index is -0.151. The van der Waals surface area contributed by atoms with Gasteiger partial charge in [0.05, 0.1) is 11.8 Å². The van der Waals surface area contributed by atoms with Crippen LogP contribution in [0, 0.1) is 0 Å². The Morgan fingerprint density at radius 3 is 2.60 bits per heavy atom. The molecule has 8 nitrogen and oxygen atoms in total. The number of likely N-dealkylation sites (tertiary alicyclic amines) is 1. The van der Waals surface area contributed by atoms with Crippen LogP contribution in [-0.2, 0) is 13.5 Å². The highest BCUT2D eigenvalue weighted by Gasteiger charge is 2.28. The molecule has 3 aromatic heterocycles. The van der Waals surface area contributed by atoms with Crippen LogP contribution < -0.4 is 0 Å². The predicted octanol–water partition coefficient (Wildman–Crippen LogP) is 2.40. The molecule has 0 bridgehead atoms. The summed E-state index contributed by atoms with van der Waals surface area (Å²) in [6.07, 6.45) is 4.44. The van der Waals surface area contributed by atoms with Crippen LogP contribution in [0.25, 0.3) is 17.0 Å². The highest BCUT2D eigenvalue weighted by molar-refractivity contribution is 6.07. The first-order chi connectivity index (χ1) is 14.6. The zero-order chi connectivity index (χ0) is 20.7. The molecule has 0 spiro atoms. The maximum Gasteiger partial charge on any atom is 0.257 e. The number of amides is 1. The number of fused-ring (bicyclic) bond motifs is 1. The molecule has 1 aromatic carbocycles. The SMILES string of the molecule is Cn1ncc(C(=O)N2CCC2)c1C(=O)Cc1ccc2nc(-c3ccccc3)nn2c1. The summed E-state index contributed by atoms with van der Waals surface area (Å²) in [5.41, 5.74) is 3.15. The van der Waals surface area contributed by atoms with Crippen molar-refractivity contribution < 1.29 is 9.59 Å². The summed E-state index contributed by atoms with van der Waals surface area (Å²) in [4.78, 5) is 31.9. The highest BCUT2D eigenvalue weighted by Crippen LogP contribution is 2.19. The van der Waals surface area contributed by atoms with Gasteiger partial charge in [0.2, 0.25) is 0 Å². The number of carbonyl (C=O) groups is 2. The largest absolute Gasteiger partial charge is 0.338 e. The Labute approximate surface area is 172 Å². The molecule has 30 heavy (non-hydrogen) atoms. The molecule has 1 fully saturated rings. The zero-order valence-corrected chi connectivity index (χ0v) is 16.5. The van der Waals surface area contributed by atoms with Gasteiger partial charge in [-0.3, -0.25) is 14.3 Å². The van der Waals surface area contributed by atoms with Crippen molar-refractivity contribution >= 4 is 17.3 Å². The fourth-order valence-corrected chi connectivity index (χ4v) is 3.62. The van der Waals surface area contributed by atoms with Gasteiger partial charge in [0.25, 0.3) is 5.91 Å². The lowest BCUT2D eigenvalue weighted by Gasteiger charge is -2.30. The van der Waals surface area contributed by atoms with Crippen molar-refractivity contribution in [2.75, 3.05) is 13.1 Å². The number of aryl methyl sites for hydroxylation is 1. The molecular weight excluding hydrogens is 380 g/mol. The van der Waals surface area contributed by atoms with Gasteiger partial charge >= 0.3 is 0 Å². The average molecular weight is 400 g/mol. The summed E-state index contributed by atoms with van der Waals surface area (Å²) in [5.74, 6) is 0.353. The van der Waals surface area contributed by atoms with E-state index >= 15 is 0 Å². The predicted molar refractivity (Wildman–Crippen MR) is 110 cm³/mol. The van der Waals surface area contributed by atoms with E-state index in [2.05, 4.69) is 15.2 Å². The van der Waals surface area contributed by atoms with Crippen molar-refractivity contribution in [1.29, 1.82) is 0 Å². The molecule has 4 aromatic rings. The number of rotatable bonds is 5. The number of carbonyl (C=O) groups excluding carboxylic acids is 2. The lowest BCUT2D eigenvalue weighted by atomic mass is 10.0. The van der Waals surface area contributed by atoms with Crippen LogP contribution in [0.2, 0.25) is 0 Å². The third-order valence-corrected chi connectivity index (χ3v) is 5.37. The number of hydrogen-bond donors (Lipinski definition) is 0. The third-order valence-electron chi connectivity index (χ3n) is 5.37. The Morgan fingerprint density at radius 1 is 1.07 bits per heavy atom. The van der Waals surface area contributed by atoms with Gasteiger partial charge < -0.3 is 4.90 Å². The minimum absolute atomic E-state index is 0.128. The molecule has 1 aliphatic rings. The summed E-state index contributed by atoms with van der Waals surface area (Å²) in [6.45, 7) is 1.46. The first-order valence-corrected chi connectivity index (χ1v) is 9.85. The maximum absolute atomic E-state index is 13.0. The molecular formula is C22H20N6O2. The molecule has 1 aliphatic heterocycles. The van der Waals surface area contributed by atoms with Crippen molar-refractivity contribution in [3.05, 3.63) is 71.7 Å². The molecule has 0 aliphatic carbocycles. The van der Waals surface area contributed by atoms with Crippen molar-refractivity contribution in [2.45, 2.75) is 12.8 Å². The monoisotopic (exact) mass is 400 g/mol. The van der Waals surface area contributed by atoms with Gasteiger partial charge in [0.15, 0.2) is 17.3 Å². The quantitative estimate of drug-likeness (QED) is 0.480. The molecule has 1 saturated heterocycles. The highest BCUT2D eigenvalue weighted by atomic mass is 16.2. The van der Waals surface area contributed by atoms with Crippen LogP contribution in [-0.4, -0.2) is 54.1 Å². The van der Waals surface area contributed by atoms with Crippen molar-refractivity contribution in [2.24, 2.45) is 7.05 Å². The topological polar surface area (TPSA) is 85.4 Å². The second kappa shape index (κ2) is 7.22. The number of aromatic nitrogens is 5. The number of nitrogens with zero attached hydrogens (tertiary/aromatic N) is 6. The molecule has 0 N–H and O–H groups in total. The number of hydrogen-bond acceptors (Lipinski definition) is 5. The standard InChI is InChI=1S/C22H20N6O2/c1-26-20(17(13-23-26)22(30)27-10-5-11-27)18(29)12-15-8-9-19-24-21(25-28(19)14-15)16-6-3-2-4-7-16/h2-4,6-9,13-14H,5,10-12H2,1H3. The van der Waals surface area contributed by atoms with Crippen LogP contribution >= 0.6 is 0 Å². The van der Waals surface area contributed by atoms with E-state index in [-0.39, 0.29) is 18.1 Å². The van der Waals surface area contributed by atoms with Crippen LogP contribution in [0.4, 0.5) is 0 Å². The molecule has 150 valence electrons. The average Bonchev–Trinajstić information content (AvgIpc) is 3.30. The molecule has 0 atom stereocenters. The van der Waals surface area contributed by atoms with Crippen molar-refractivity contribution in [3.8, 4) is 11.4 Å². The molecule has 5 rings (SSSR count). The second-order valence-corrected chi connectivity index (χ2v) is 7.42. The van der Waals surface area contributed by atoms with Gasteiger partial charge in [0.1, 0.15) is 5.69 Å². The summed E-state index contributed by atoms with van der Waals surface area (Å²) in [7, 11) is 1.69. The summed E-state index contributed by atoms with van der Waals surface area (Å²) in [5, 5.41) is 8.68. The first kappa shape index (κ1) is 18.2. The Bertz CT molecular complexity index is 1250. The zero-order valence-electron chi connectivity index (χ0n) is 16.5. The Kier molecular flexibility index (Phi) is 4.39. The molecule has 1 amide bonds. The van der Waals surface area contributed by atoms with Crippen LogP contribution in [0.3, 0.4) is 0 Å². The van der Waals surface area contributed by atoms with Crippen LogP contribution in [0.5, 0.6) is 0 Å². The molecule has 8 heteroatoms. The number of pyridine rings is 1. The lowest BCUT2D eigenvalue weighted by Crippen LogP contribution is -2.42. The molecule has 0 radical (unpaired) electrons. The minimum Gasteiger partial charge on any atom is -0.338 e. The van der Waals surface area contributed by atoms with E-state index in [0.29, 0.717) is 22.7 Å². The van der Waals surface area contributed by atoms with E-state index < -0.39 is 0 Å². The van der Waals surface area contributed by atoms with Gasteiger partial charge in [-0.05, 0) is 18.1 Å². The number of benzene rings is 1. The van der Waals surface area contributed by atoms with Gasteiger partial charge in [-0.15, -0.1) is 5.10 Å². The summed E-state index contributed by atoms with van der Waals surface area (Å²) < 4.78 is 3.16. The lowest BCUT2D eigenvalue weighted by molar-refractivity contribution is 0.0647. The van der Waals surface area contributed by atoms with Gasteiger partial charge in [-0.25, -0.2) is 9.50 Å². The Balaban J connectivity index is 1.41. The number of Topliss-reactive ketones (excluding diaryl/α,β-unsaturated/α-hetero) is 1. The maximum atomic E-state index is 13.0. The van der Waals surface area contributed by atoms with Crippen molar-refractivity contribution in [3.63, 3.8) is 0 Å². The Morgan fingerprint density at radius 2 is 1.87 bits per heavy atom. The second-order valence-electron chi connectivity index (χ2n) is 7.42. The number of ketones is 1.